The smallest absolute Gasteiger partial charge is 0.194 e. The number of aryl methyl sites for hydroxylation is 1. The largest absolute Gasteiger partial charge is 0.341 e. The number of hydrogen-bond donors (Lipinski definition) is 1. The van der Waals surface area contributed by atoms with Gasteiger partial charge in [-0.2, -0.15) is 0 Å². The monoisotopic (exact) mass is 319 g/mol. The van der Waals surface area contributed by atoms with Crippen LogP contribution in [0.3, 0.4) is 0 Å². The maximum atomic E-state index is 8.52. The number of fused-ring (bicyclic) bond motifs is 2. The Morgan fingerprint density at radius 1 is 0.917 bits per heavy atom. The molecule has 0 bridgehead atoms. The number of guanidine groups is 1. The second-order valence-corrected chi connectivity index (χ2v) is 6.97. The van der Waals surface area contributed by atoms with Crippen LogP contribution in [-0.2, 0) is 19.4 Å². The lowest BCUT2D eigenvalue weighted by atomic mass is 9.95. The first-order valence-corrected chi connectivity index (χ1v) is 9.02. The molecule has 1 atom stereocenters. The lowest BCUT2D eigenvalue weighted by Crippen LogP contribution is -2.39. The van der Waals surface area contributed by atoms with E-state index in [4.69, 9.17) is 5.41 Å². The zero-order chi connectivity index (χ0) is 16.4. The predicted octanol–water partition coefficient (Wildman–Crippen LogP) is 3.69. The summed E-state index contributed by atoms with van der Waals surface area (Å²) in [5.41, 5.74) is 4.28. The lowest BCUT2D eigenvalue weighted by Gasteiger charge is -2.31. The van der Waals surface area contributed by atoms with Crippen LogP contribution in [0, 0.1) is 5.41 Å². The number of nitrogens with zero attached hydrogens (tertiary/aromatic N) is 2. The Balaban J connectivity index is 1.30. The van der Waals surface area contributed by atoms with Gasteiger partial charge in [-0.25, -0.2) is 0 Å². The van der Waals surface area contributed by atoms with E-state index in [1.54, 1.807) is 0 Å². The summed E-state index contributed by atoms with van der Waals surface area (Å²) in [4.78, 5) is 4.57. The first kappa shape index (κ1) is 15.3. The van der Waals surface area contributed by atoms with Gasteiger partial charge in [-0.1, -0.05) is 54.6 Å². The Kier molecular flexibility index (Phi) is 4.24. The SMILES string of the molecule is N=C1N(CCCCc2ccccc2)C[C@@H]2Cc3ccccc3CN12. The van der Waals surface area contributed by atoms with Crippen molar-refractivity contribution in [2.45, 2.75) is 38.3 Å². The third-order valence-electron chi connectivity index (χ3n) is 5.34. The van der Waals surface area contributed by atoms with Crippen molar-refractivity contribution < 1.29 is 0 Å². The fraction of sp³-hybridized carbons (Fsp3) is 0.381. The maximum Gasteiger partial charge on any atom is 0.194 e. The highest BCUT2D eigenvalue weighted by Gasteiger charge is 2.37. The Morgan fingerprint density at radius 3 is 2.50 bits per heavy atom. The van der Waals surface area contributed by atoms with Crippen molar-refractivity contribution in [2.24, 2.45) is 0 Å². The minimum atomic E-state index is 0.488. The van der Waals surface area contributed by atoms with E-state index in [-0.39, 0.29) is 0 Å². The Hall–Kier alpha value is -2.29. The summed E-state index contributed by atoms with van der Waals surface area (Å²) >= 11 is 0. The molecule has 0 unspecified atom stereocenters. The number of benzene rings is 2. The normalized spacial score (nSPS) is 19.3. The third-order valence-corrected chi connectivity index (χ3v) is 5.34. The summed E-state index contributed by atoms with van der Waals surface area (Å²) in [6.07, 6.45) is 4.57. The van der Waals surface area contributed by atoms with Crippen molar-refractivity contribution in [3.63, 3.8) is 0 Å². The van der Waals surface area contributed by atoms with Crippen LogP contribution in [0.2, 0.25) is 0 Å². The van der Waals surface area contributed by atoms with E-state index in [2.05, 4.69) is 64.4 Å². The molecule has 4 rings (SSSR count). The van der Waals surface area contributed by atoms with Gasteiger partial charge in [0.25, 0.3) is 0 Å². The van der Waals surface area contributed by atoms with Gasteiger partial charge in [-0.05, 0) is 42.4 Å². The van der Waals surface area contributed by atoms with Crippen molar-refractivity contribution in [1.29, 1.82) is 5.41 Å². The Bertz CT molecular complexity index is 710. The fourth-order valence-electron chi connectivity index (χ4n) is 3.99. The number of rotatable bonds is 5. The van der Waals surface area contributed by atoms with Gasteiger partial charge in [0, 0.05) is 19.6 Å². The highest BCUT2D eigenvalue weighted by Crippen LogP contribution is 2.28. The highest BCUT2D eigenvalue weighted by atomic mass is 15.4. The third kappa shape index (κ3) is 3.03. The van der Waals surface area contributed by atoms with Gasteiger partial charge < -0.3 is 9.80 Å². The van der Waals surface area contributed by atoms with Gasteiger partial charge in [-0.3, -0.25) is 5.41 Å². The summed E-state index contributed by atoms with van der Waals surface area (Å²) in [6.45, 7) is 2.92. The Morgan fingerprint density at radius 2 is 1.67 bits per heavy atom. The molecular weight excluding hydrogens is 294 g/mol. The summed E-state index contributed by atoms with van der Waals surface area (Å²) in [5.74, 6) is 0.731. The van der Waals surface area contributed by atoms with E-state index in [1.807, 2.05) is 0 Å². The fourth-order valence-corrected chi connectivity index (χ4v) is 3.99. The molecule has 24 heavy (non-hydrogen) atoms. The van der Waals surface area contributed by atoms with Crippen molar-refractivity contribution in [3.8, 4) is 0 Å². The van der Waals surface area contributed by atoms with E-state index in [0.29, 0.717) is 6.04 Å². The molecule has 0 spiro atoms. The Labute approximate surface area is 144 Å². The van der Waals surface area contributed by atoms with E-state index < -0.39 is 0 Å². The van der Waals surface area contributed by atoms with Crippen LogP contribution in [0.5, 0.6) is 0 Å². The molecule has 2 aromatic rings. The molecule has 2 heterocycles. The van der Waals surface area contributed by atoms with Gasteiger partial charge in [0.2, 0.25) is 0 Å². The lowest BCUT2D eigenvalue weighted by molar-refractivity contribution is 0.311. The predicted molar refractivity (Wildman–Crippen MR) is 98.2 cm³/mol. The summed E-state index contributed by atoms with van der Waals surface area (Å²) in [5, 5.41) is 8.52. The molecule has 0 aliphatic carbocycles. The molecule has 0 aromatic heterocycles. The van der Waals surface area contributed by atoms with Gasteiger partial charge in [0.1, 0.15) is 0 Å². The minimum Gasteiger partial charge on any atom is -0.341 e. The van der Waals surface area contributed by atoms with Gasteiger partial charge in [0.15, 0.2) is 5.96 Å². The molecule has 2 aliphatic rings. The zero-order valence-electron chi connectivity index (χ0n) is 14.1. The summed E-state index contributed by atoms with van der Waals surface area (Å²) in [7, 11) is 0. The molecule has 3 nitrogen and oxygen atoms in total. The van der Waals surface area contributed by atoms with E-state index in [9.17, 15) is 0 Å². The van der Waals surface area contributed by atoms with Crippen LogP contribution in [0.4, 0.5) is 0 Å². The average Bonchev–Trinajstić information content (AvgIpc) is 2.93. The van der Waals surface area contributed by atoms with Gasteiger partial charge in [-0.15, -0.1) is 0 Å². The molecule has 2 aromatic carbocycles. The van der Waals surface area contributed by atoms with Crippen molar-refractivity contribution in [2.75, 3.05) is 13.1 Å². The molecule has 1 fully saturated rings. The summed E-state index contributed by atoms with van der Waals surface area (Å²) < 4.78 is 0. The molecule has 0 amide bonds. The van der Waals surface area contributed by atoms with Crippen LogP contribution in [-0.4, -0.2) is 34.9 Å². The first-order chi connectivity index (χ1) is 11.8. The van der Waals surface area contributed by atoms with Gasteiger partial charge >= 0.3 is 0 Å². The van der Waals surface area contributed by atoms with Crippen LogP contribution in [0.15, 0.2) is 54.6 Å². The van der Waals surface area contributed by atoms with Gasteiger partial charge in [0.05, 0.1) is 6.04 Å². The zero-order valence-corrected chi connectivity index (χ0v) is 14.1. The van der Waals surface area contributed by atoms with Crippen LogP contribution in [0.25, 0.3) is 0 Å². The molecule has 0 radical (unpaired) electrons. The average molecular weight is 319 g/mol. The standard InChI is InChI=1S/C21H25N3/c22-21-23(13-7-6-10-17-8-2-1-3-9-17)16-20-14-18-11-4-5-12-19(18)15-24(20)21/h1-5,8-9,11-12,20,22H,6-7,10,13-16H2/t20-/m0/s1. The topological polar surface area (TPSA) is 30.3 Å². The number of unbranched alkanes of at least 4 members (excludes halogenated alkanes) is 1. The molecule has 0 saturated carbocycles. The number of nitrogens with one attached hydrogen (secondary N) is 1. The first-order valence-electron chi connectivity index (χ1n) is 9.02. The highest BCUT2D eigenvalue weighted by molar-refractivity contribution is 5.80. The second-order valence-electron chi connectivity index (χ2n) is 6.97. The molecule has 1 saturated heterocycles. The van der Waals surface area contributed by atoms with Crippen molar-refractivity contribution >= 4 is 5.96 Å². The van der Waals surface area contributed by atoms with E-state index in [1.165, 1.54) is 23.1 Å². The number of hydrogen-bond acceptors (Lipinski definition) is 1. The van der Waals surface area contributed by atoms with Crippen LogP contribution in [0.1, 0.15) is 29.5 Å². The van der Waals surface area contributed by atoms with Crippen LogP contribution >= 0.6 is 0 Å². The quantitative estimate of drug-likeness (QED) is 0.852. The van der Waals surface area contributed by atoms with Crippen LogP contribution < -0.4 is 0 Å². The molecule has 3 heteroatoms. The second kappa shape index (κ2) is 6.68. The molecule has 2 aliphatic heterocycles. The minimum absolute atomic E-state index is 0.488. The maximum absolute atomic E-state index is 8.52. The molecule has 124 valence electrons. The molecule has 1 N–H and O–H groups in total. The van der Waals surface area contributed by atoms with Crippen molar-refractivity contribution in [3.05, 3.63) is 71.3 Å². The van der Waals surface area contributed by atoms with E-state index >= 15 is 0 Å². The van der Waals surface area contributed by atoms with E-state index in [0.717, 1.165) is 44.9 Å². The summed E-state index contributed by atoms with van der Waals surface area (Å²) in [6, 6.07) is 19.9. The van der Waals surface area contributed by atoms with Crippen molar-refractivity contribution in [1.82, 2.24) is 9.80 Å². The molecular formula is C21H25N3.